The van der Waals surface area contributed by atoms with Gasteiger partial charge in [-0.25, -0.2) is 8.42 Å². The molecule has 3 rings (SSSR count). The lowest BCUT2D eigenvalue weighted by atomic mass is 10.0. The predicted octanol–water partition coefficient (Wildman–Crippen LogP) is 5.00. The summed E-state index contributed by atoms with van der Waals surface area (Å²) in [4.78, 5) is 8.23. The molecule has 2 aromatic heterocycles. The Morgan fingerprint density at radius 1 is 1.14 bits per heavy atom. The predicted molar refractivity (Wildman–Crippen MR) is 117 cm³/mol. The molecular weight excluding hydrogens is 457 g/mol. The Kier molecular flexibility index (Phi) is 6.57. The molecule has 0 saturated heterocycles. The largest absolute Gasteiger partial charge is 0.369 e. The molecule has 156 valence electrons. The summed E-state index contributed by atoms with van der Waals surface area (Å²) >= 11 is 19.3. The standard InChI is InChI=1S/C18H20Cl3N5O2S/c1-4-10(2)8-9-22-16-14(13-11(19)6-5-7-12(13)20)15(21)23-17-24-18(25-26(16)17)29(3,27)28/h5-7,10,22H,4,8-9H2,1-3H3. The van der Waals surface area contributed by atoms with Crippen LogP contribution in [-0.4, -0.2) is 40.8 Å². The maximum Gasteiger partial charge on any atom is 0.268 e. The summed E-state index contributed by atoms with van der Waals surface area (Å²) in [5.41, 5.74) is 0.918. The molecule has 29 heavy (non-hydrogen) atoms. The van der Waals surface area contributed by atoms with Crippen LogP contribution in [0, 0.1) is 5.92 Å². The molecule has 0 aliphatic heterocycles. The van der Waals surface area contributed by atoms with Crippen molar-refractivity contribution in [1.82, 2.24) is 19.6 Å². The van der Waals surface area contributed by atoms with Gasteiger partial charge in [0, 0.05) is 18.4 Å². The zero-order chi connectivity index (χ0) is 21.3. The number of benzene rings is 1. The molecule has 0 aliphatic rings. The van der Waals surface area contributed by atoms with Gasteiger partial charge in [0.25, 0.3) is 10.9 Å². The highest BCUT2D eigenvalue weighted by molar-refractivity contribution is 7.90. The zero-order valence-corrected chi connectivity index (χ0v) is 19.2. The molecule has 7 nitrogen and oxygen atoms in total. The van der Waals surface area contributed by atoms with Gasteiger partial charge in [-0.15, -0.1) is 5.10 Å². The van der Waals surface area contributed by atoms with Crippen LogP contribution in [0.5, 0.6) is 0 Å². The van der Waals surface area contributed by atoms with Crippen LogP contribution in [0.2, 0.25) is 15.2 Å². The topological polar surface area (TPSA) is 89.2 Å². The Hall–Kier alpha value is -1.61. The summed E-state index contributed by atoms with van der Waals surface area (Å²) in [6.45, 7) is 4.88. The maximum atomic E-state index is 11.9. The summed E-state index contributed by atoms with van der Waals surface area (Å²) < 4.78 is 25.2. The van der Waals surface area contributed by atoms with E-state index in [1.54, 1.807) is 18.2 Å². The first kappa shape index (κ1) is 22.1. The van der Waals surface area contributed by atoms with E-state index < -0.39 is 9.84 Å². The fraction of sp³-hybridized carbons (Fsp3) is 0.389. The average Bonchev–Trinajstić information content (AvgIpc) is 3.07. The average molecular weight is 477 g/mol. The van der Waals surface area contributed by atoms with Crippen molar-refractivity contribution in [3.05, 3.63) is 33.4 Å². The van der Waals surface area contributed by atoms with Crippen molar-refractivity contribution in [2.45, 2.75) is 31.8 Å². The molecule has 0 saturated carbocycles. The molecule has 0 fully saturated rings. The molecule has 2 heterocycles. The summed E-state index contributed by atoms with van der Waals surface area (Å²) in [5, 5.41) is 7.96. The van der Waals surface area contributed by atoms with Crippen molar-refractivity contribution in [1.29, 1.82) is 0 Å². The van der Waals surface area contributed by atoms with Crippen molar-refractivity contribution in [2.24, 2.45) is 5.92 Å². The number of fused-ring (bicyclic) bond motifs is 1. The maximum absolute atomic E-state index is 11.9. The highest BCUT2D eigenvalue weighted by Crippen LogP contribution is 2.42. The van der Waals surface area contributed by atoms with Crippen LogP contribution in [-0.2, 0) is 9.84 Å². The molecule has 0 amide bonds. The van der Waals surface area contributed by atoms with E-state index in [2.05, 4.69) is 34.2 Å². The second-order valence-corrected chi connectivity index (χ2v) is 9.91. The van der Waals surface area contributed by atoms with Crippen molar-refractivity contribution >= 4 is 56.2 Å². The number of nitrogens with one attached hydrogen (secondary N) is 1. The fourth-order valence-electron chi connectivity index (χ4n) is 2.77. The summed E-state index contributed by atoms with van der Waals surface area (Å²) in [6, 6.07) is 5.10. The van der Waals surface area contributed by atoms with Crippen LogP contribution in [0.15, 0.2) is 23.4 Å². The SMILES string of the molecule is CCC(C)CCNc1c(-c2c(Cl)cccc2Cl)c(Cl)nc2nc(S(C)(=O)=O)nn12. The minimum atomic E-state index is -3.63. The second kappa shape index (κ2) is 8.63. The van der Waals surface area contributed by atoms with Gasteiger partial charge >= 0.3 is 0 Å². The molecule has 0 bridgehead atoms. The van der Waals surface area contributed by atoms with Crippen molar-refractivity contribution in [3.63, 3.8) is 0 Å². The number of hydrogen-bond acceptors (Lipinski definition) is 6. The first-order valence-electron chi connectivity index (χ1n) is 8.98. The third-order valence-electron chi connectivity index (χ3n) is 4.59. The number of halogens is 3. The van der Waals surface area contributed by atoms with E-state index in [1.807, 2.05) is 0 Å². The smallest absolute Gasteiger partial charge is 0.268 e. The quantitative estimate of drug-likeness (QED) is 0.482. The third kappa shape index (κ3) is 4.60. The minimum absolute atomic E-state index is 0.0633. The summed E-state index contributed by atoms with van der Waals surface area (Å²) in [5.74, 6) is 0.999. The van der Waals surface area contributed by atoms with Crippen molar-refractivity contribution < 1.29 is 8.42 Å². The first-order valence-corrected chi connectivity index (χ1v) is 12.0. The molecule has 0 spiro atoms. The summed E-state index contributed by atoms with van der Waals surface area (Å²) in [7, 11) is -3.63. The number of anilines is 1. The van der Waals surface area contributed by atoms with Crippen LogP contribution < -0.4 is 5.32 Å². The lowest BCUT2D eigenvalue weighted by Crippen LogP contribution is -2.12. The monoisotopic (exact) mass is 475 g/mol. The van der Waals surface area contributed by atoms with Crippen LogP contribution in [0.1, 0.15) is 26.7 Å². The van der Waals surface area contributed by atoms with E-state index in [-0.39, 0.29) is 16.1 Å². The van der Waals surface area contributed by atoms with Gasteiger partial charge in [-0.2, -0.15) is 14.5 Å². The fourth-order valence-corrected chi connectivity index (χ4v) is 4.10. The van der Waals surface area contributed by atoms with Gasteiger partial charge in [-0.3, -0.25) is 0 Å². The highest BCUT2D eigenvalue weighted by atomic mass is 35.5. The zero-order valence-electron chi connectivity index (χ0n) is 16.1. The Morgan fingerprint density at radius 3 is 2.38 bits per heavy atom. The normalized spacial score (nSPS) is 13.0. The Labute approximate surface area is 184 Å². The van der Waals surface area contributed by atoms with E-state index in [9.17, 15) is 8.42 Å². The third-order valence-corrected chi connectivity index (χ3v) is 6.33. The van der Waals surface area contributed by atoms with Crippen LogP contribution in [0.25, 0.3) is 16.9 Å². The lowest BCUT2D eigenvalue weighted by Gasteiger charge is -2.17. The molecule has 1 aromatic carbocycles. The van der Waals surface area contributed by atoms with E-state index in [0.29, 0.717) is 39.5 Å². The number of hydrogen-bond donors (Lipinski definition) is 1. The van der Waals surface area contributed by atoms with Gasteiger partial charge in [-0.05, 0) is 24.5 Å². The van der Waals surface area contributed by atoms with Gasteiger partial charge in [-0.1, -0.05) is 61.1 Å². The molecule has 1 atom stereocenters. The van der Waals surface area contributed by atoms with E-state index >= 15 is 0 Å². The number of nitrogens with zero attached hydrogens (tertiary/aromatic N) is 4. The minimum Gasteiger partial charge on any atom is -0.369 e. The van der Waals surface area contributed by atoms with E-state index in [0.717, 1.165) is 19.1 Å². The highest BCUT2D eigenvalue weighted by Gasteiger charge is 2.24. The molecule has 0 aliphatic carbocycles. The number of sulfone groups is 1. The molecule has 11 heteroatoms. The van der Waals surface area contributed by atoms with Gasteiger partial charge < -0.3 is 5.32 Å². The number of rotatable bonds is 7. The van der Waals surface area contributed by atoms with Gasteiger partial charge in [0.15, 0.2) is 0 Å². The number of aromatic nitrogens is 4. The van der Waals surface area contributed by atoms with Gasteiger partial charge in [0.05, 0.1) is 15.6 Å². The van der Waals surface area contributed by atoms with Crippen molar-refractivity contribution in [2.75, 3.05) is 18.1 Å². The van der Waals surface area contributed by atoms with Gasteiger partial charge in [0.2, 0.25) is 9.84 Å². The van der Waals surface area contributed by atoms with Crippen LogP contribution in [0.3, 0.4) is 0 Å². The first-order chi connectivity index (χ1) is 13.6. The molecule has 1 unspecified atom stereocenters. The Bertz CT molecular complexity index is 1140. The van der Waals surface area contributed by atoms with Crippen LogP contribution >= 0.6 is 34.8 Å². The summed E-state index contributed by atoms with van der Waals surface area (Å²) in [6.07, 6.45) is 2.96. The van der Waals surface area contributed by atoms with Crippen LogP contribution in [0.4, 0.5) is 5.82 Å². The molecule has 3 aromatic rings. The van der Waals surface area contributed by atoms with Gasteiger partial charge in [0.1, 0.15) is 11.0 Å². The molecule has 1 N–H and O–H groups in total. The molecule has 0 radical (unpaired) electrons. The Balaban J connectivity index is 2.26. The lowest BCUT2D eigenvalue weighted by molar-refractivity contribution is 0.531. The van der Waals surface area contributed by atoms with Crippen molar-refractivity contribution in [3.8, 4) is 11.1 Å². The van der Waals surface area contributed by atoms with E-state index in [1.165, 1.54) is 4.52 Å². The second-order valence-electron chi connectivity index (χ2n) is 6.83. The van der Waals surface area contributed by atoms with E-state index in [4.69, 9.17) is 34.8 Å². The molecular formula is C18H20Cl3N5O2S. The Morgan fingerprint density at radius 2 is 1.79 bits per heavy atom.